The highest BCUT2D eigenvalue weighted by Crippen LogP contribution is 2.31. The van der Waals surface area contributed by atoms with E-state index >= 15 is 0 Å². The first-order chi connectivity index (χ1) is 8.08. The van der Waals surface area contributed by atoms with Crippen LogP contribution in [0, 0.1) is 5.92 Å². The highest BCUT2D eigenvalue weighted by molar-refractivity contribution is 5.92. The molecule has 1 unspecified atom stereocenters. The second kappa shape index (κ2) is 6.20. The molecule has 0 radical (unpaired) electrons. The monoisotopic (exact) mass is 272 g/mol. The van der Waals surface area contributed by atoms with Crippen molar-refractivity contribution in [3.05, 3.63) is 18.0 Å². The van der Waals surface area contributed by atoms with Crippen molar-refractivity contribution in [1.82, 2.24) is 15.1 Å². The number of hydrogen-bond acceptors (Lipinski definition) is 3. The highest BCUT2D eigenvalue weighted by atomic mass is 35.5. The summed E-state index contributed by atoms with van der Waals surface area (Å²) in [5, 5.41) is 7.04. The third-order valence-electron chi connectivity index (χ3n) is 3.10. The summed E-state index contributed by atoms with van der Waals surface area (Å²) in [5.74, 6) is 0.462. The van der Waals surface area contributed by atoms with Crippen molar-refractivity contribution in [3.8, 4) is 0 Å². The second-order valence-electron chi connectivity index (χ2n) is 4.99. The topological polar surface area (TPSA) is 72.9 Å². The van der Waals surface area contributed by atoms with Gasteiger partial charge >= 0.3 is 0 Å². The normalized spacial score (nSPS) is 16.2. The van der Waals surface area contributed by atoms with E-state index in [0.717, 1.165) is 0 Å². The van der Waals surface area contributed by atoms with Crippen molar-refractivity contribution in [2.75, 3.05) is 6.54 Å². The predicted octanol–water partition coefficient (Wildman–Crippen LogP) is 1.35. The van der Waals surface area contributed by atoms with Gasteiger partial charge in [0.1, 0.15) is 5.69 Å². The van der Waals surface area contributed by atoms with Crippen LogP contribution in [-0.4, -0.2) is 28.3 Å². The van der Waals surface area contributed by atoms with Crippen LogP contribution in [0.2, 0.25) is 0 Å². The number of halogens is 1. The molecule has 3 N–H and O–H groups in total. The second-order valence-corrected chi connectivity index (χ2v) is 4.99. The number of hydrogen-bond donors (Lipinski definition) is 2. The summed E-state index contributed by atoms with van der Waals surface area (Å²) in [6, 6.07) is 2.09. The zero-order valence-electron chi connectivity index (χ0n) is 10.8. The van der Waals surface area contributed by atoms with Crippen LogP contribution < -0.4 is 11.1 Å². The van der Waals surface area contributed by atoms with Gasteiger partial charge in [0.15, 0.2) is 0 Å². The number of nitrogens with one attached hydrogen (secondary N) is 1. The molecule has 1 atom stereocenters. The lowest BCUT2D eigenvalue weighted by Gasteiger charge is -2.10. The summed E-state index contributed by atoms with van der Waals surface area (Å²) in [6.07, 6.45) is 4.21. The molecule has 6 heteroatoms. The van der Waals surface area contributed by atoms with Crippen molar-refractivity contribution in [2.24, 2.45) is 11.7 Å². The van der Waals surface area contributed by atoms with Crippen LogP contribution in [0.3, 0.4) is 0 Å². The molecule has 5 nitrogen and oxygen atoms in total. The molecule has 0 bridgehead atoms. The molecular formula is C12H21ClN4O. The van der Waals surface area contributed by atoms with Gasteiger partial charge in [-0.25, -0.2) is 0 Å². The zero-order chi connectivity index (χ0) is 12.4. The number of aromatic nitrogens is 2. The summed E-state index contributed by atoms with van der Waals surface area (Å²) in [4.78, 5) is 11.8. The Morgan fingerprint density at radius 3 is 2.78 bits per heavy atom. The summed E-state index contributed by atoms with van der Waals surface area (Å²) in [7, 11) is 0. The molecule has 1 aliphatic carbocycles. The number of carbonyl (C=O) groups is 1. The predicted molar refractivity (Wildman–Crippen MR) is 72.9 cm³/mol. The SMILES string of the molecule is CC(C)n1ccc(C(=O)NCC(N)C2CC2)n1.Cl. The van der Waals surface area contributed by atoms with E-state index in [-0.39, 0.29) is 30.4 Å². The molecular weight excluding hydrogens is 252 g/mol. The van der Waals surface area contributed by atoms with Crippen LogP contribution in [0.5, 0.6) is 0 Å². The number of carbonyl (C=O) groups excluding carboxylic acids is 1. The Morgan fingerprint density at radius 1 is 1.61 bits per heavy atom. The Kier molecular flexibility index (Phi) is 5.16. The number of amides is 1. The van der Waals surface area contributed by atoms with Crippen molar-refractivity contribution in [1.29, 1.82) is 0 Å². The summed E-state index contributed by atoms with van der Waals surface area (Å²) in [5.41, 5.74) is 6.38. The molecule has 0 aliphatic heterocycles. The number of nitrogens with zero attached hydrogens (tertiary/aromatic N) is 2. The maximum atomic E-state index is 11.8. The largest absolute Gasteiger partial charge is 0.349 e. The van der Waals surface area contributed by atoms with Crippen molar-refractivity contribution in [2.45, 2.75) is 38.8 Å². The van der Waals surface area contributed by atoms with Gasteiger partial charge in [0.05, 0.1) is 0 Å². The minimum absolute atomic E-state index is 0. The molecule has 102 valence electrons. The fraction of sp³-hybridized carbons (Fsp3) is 0.667. The quantitative estimate of drug-likeness (QED) is 0.850. The van der Waals surface area contributed by atoms with E-state index in [9.17, 15) is 4.79 Å². The molecule has 1 aromatic rings. The average molecular weight is 273 g/mol. The van der Waals surface area contributed by atoms with Gasteiger partial charge in [-0.3, -0.25) is 9.48 Å². The van der Waals surface area contributed by atoms with Crippen LogP contribution in [0.4, 0.5) is 0 Å². The maximum Gasteiger partial charge on any atom is 0.271 e. The fourth-order valence-electron chi connectivity index (χ4n) is 1.74. The molecule has 1 heterocycles. The van der Waals surface area contributed by atoms with Crippen LogP contribution in [0.25, 0.3) is 0 Å². The smallest absolute Gasteiger partial charge is 0.271 e. The summed E-state index contributed by atoms with van der Waals surface area (Å²) < 4.78 is 1.77. The lowest BCUT2D eigenvalue weighted by atomic mass is 10.2. The first-order valence-electron chi connectivity index (χ1n) is 6.17. The minimum atomic E-state index is -0.138. The molecule has 18 heavy (non-hydrogen) atoms. The fourth-order valence-corrected chi connectivity index (χ4v) is 1.74. The van der Waals surface area contributed by atoms with Gasteiger partial charge in [-0.05, 0) is 38.7 Å². The van der Waals surface area contributed by atoms with E-state index in [1.807, 2.05) is 20.0 Å². The number of rotatable bonds is 5. The Morgan fingerprint density at radius 2 is 2.28 bits per heavy atom. The summed E-state index contributed by atoms with van der Waals surface area (Å²) >= 11 is 0. The molecule has 0 saturated heterocycles. The van der Waals surface area contributed by atoms with Crippen LogP contribution in [0.1, 0.15) is 43.2 Å². The van der Waals surface area contributed by atoms with Gasteiger partial charge < -0.3 is 11.1 Å². The van der Waals surface area contributed by atoms with Crippen molar-refractivity contribution < 1.29 is 4.79 Å². The highest BCUT2D eigenvalue weighted by Gasteiger charge is 2.28. The molecule has 0 spiro atoms. The molecule has 1 saturated carbocycles. The maximum absolute atomic E-state index is 11.8. The molecule has 1 amide bonds. The average Bonchev–Trinajstić information content (AvgIpc) is 3.02. The first kappa shape index (κ1) is 15.0. The number of nitrogens with two attached hydrogens (primary N) is 1. The van der Waals surface area contributed by atoms with Gasteiger partial charge in [-0.1, -0.05) is 0 Å². The zero-order valence-corrected chi connectivity index (χ0v) is 11.6. The Bertz CT molecular complexity index is 401. The van der Waals surface area contributed by atoms with Crippen LogP contribution in [0.15, 0.2) is 12.3 Å². The Labute approximate surface area is 114 Å². The molecule has 1 aliphatic rings. The van der Waals surface area contributed by atoms with E-state index < -0.39 is 0 Å². The molecule has 1 aromatic heterocycles. The van der Waals surface area contributed by atoms with Gasteiger partial charge in [-0.15, -0.1) is 12.4 Å². The first-order valence-corrected chi connectivity index (χ1v) is 6.17. The van der Waals surface area contributed by atoms with E-state index in [4.69, 9.17) is 5.73 Å². The standard InChI is InChI=1S/C12H20N4O.ClH/c1-8(2)16-6-5-11(15-16)12(17)14-7-10(13)9-3-4-9;/h5-6,8-10H,3-4,7,13H2,1-2H3,(H,14,17);1H. The summed E-state index contributed by atoms with van der Waals surface area (Å²) in [6.45, 7) is 4.59. The third kappa shape index (κ3) is 3.71. The van der Waals surface area contributed by atoms with Crippen LogP contribution >= 0.6 is 12.4 Å². The van der Waals surface area contributed by atoms with Gasteiger partial charge in [0.2, 0.25) is 0 Å². The van der Waals surface area contributed by atoms with Gasteiger partial charge in [0, 0.05) is 24.8 Å². The lowest BCUT2D eigenvalue weighted by molar-refractivity contribution is 0.0944. The van der Waals surface area contributed by atoms with Gasteiger partial charge in [-0.2, -0.15) is 5.10 Å². The van der Waals surface area contributed by atoms with E-state index in [1.165, 1.54) is 12.8 Å². The van der Waals surface area contributed by atoms with E-state index in [1.54, 1.807) is 10.7 Å². The van der Waals surface area contributed by atoms with Crippen molar-refractivity contribution in [3.63, 3.8) is 0 Å². The Balaban J connectivity index is 0.00000162. The molecule has 0 aromatic carbocycles. The van der Waals surface area contributed by atoms with Crippen LogP contribution in [-0.2, 0) is 0 Å². The van der Waals surface area contributed by atoms with Gasteiger partial charge in [0.25, 0.3) is 5.91 Å². The van der Waals surface area contributed by atoms with E-state index in [0.29, 0.717) is 18.2 Å². The lowest BCUT2D eigenvalue weighted by Crippen LogP contribution is -2.38. The van der Waals surface area contributed by atoms with Crippen molar-refractivity contribution >= 4 is 18.3 Å². The van der Waals surface area contributed by atoms with E-state index in [2.05, 4.69) is 10.4 Å². The Hall–Kier alpha value is -1.07. The minimum Gasteiger partial charge on any atom is -0.349 e. The molecule has 1 fully saturated rings. The molecule has 2 rings (SSSR count). The third-order valence-corrected chi connectivity index (χ3v) is 3.10.